The van der Waals surface area contributed by atoms with E-state index in [9.17, 15) is 10.2 Å². The van der Waals surface area contributed by atoms with Crippen molar-refractivity contribution in [3.63, 3.8) is 0 Å². The normalized spacial score (nSPS) is 14.5. The highest BCUT2D eigenvalue weighted by Crippen LogP contribution is 1.98. The second-order valence-electron chi connectivity index (χ2n) is 3.41. The maximum Gasteiger partial charge on any atom is 0.0989 e. The van der Waals surface area contributed by atoms with E-state index in [4.69, 9.17) is 0 Å². The molecule has 0 aliphatic rings. The first kappa shape index (κ1) is 11.9. The van der Waals surface area contributed by atoms with Crippen molar-refractivity contribution < 1.29 is 10.2 Å². The fourth-order valence-corrected chi connectivity index (χ4v) is 1.24. The molecule has 0 aliphatic carbocycles. The molecule has 2 unspecified atom stereocenters. The molecule has 1 aromatic carbocycles. The molecule has 2 atom stereocenters. The third kappa shape index (κ3) is 4.25. The largest absolute Gasteiger partial charge is 0.389 e. The molecule has 0 bridgehead atoms. The van der Waals surface area contributed by atoms with Gasteiger partial charge in [-0.1, -0.05) is 36.4 Å². The van der Waals surface area contributed by atoms with Crippen molar-refractivity contribution in [1.82, 2.24) is 5.32 Å². The zero-order valence-electron chi connectivity index (χ0n) is 8.63. The molecule has 0 saturated carbocycles. The molecular formula is C12H17NO2. The third-order valence-electron chi connectivity index (χ3n) is 2.16. The first-order valence-corrected chi connectivity index (χ1v) is 4.97. The minimum Gasteiger partial charge on any atom is -0.389 e. The van der Waals surface area contributed by atoms with Gasteiger partial charge in [-0.2, -0.15) is 0 Å². The van der Waals surface area contributed by atoms with Gasteiger partial charge in [0.25, 0.3) is 0 Å². The van der Waals surface area contributed by atoms with Crippen LogP contribution in [0.4, 0.5) is 0 Å². The Labute approximate surface area is 90.1 Å². The maximum absolute atomic E-state index is 9.41. The molecule has 0 heterocycles. The highest BCUT2D eigenvalue weighted by Gasteiger charge is 2.11. The van der Waals surface area contributed by atoms with Gasteiger partial charge in [-0.3, -0.25) is 0 Å². The molecule has 3 heteroatoms. The average molecular weight is 207 g/mol. The minimum atomic E-state index is -0.867. The number of nitrogens with one attached hydrogen (secondary N) is 1. The fraction of sp³-hybridized carbons (Fsp3) is 0.333. The Morgan fingerprint density at radius 1 is 1.27 bits per heavy atom. The van der Waals surface area contributed by atoms with Gasteiger partial charge >= 0.3 is 0 Å². The Kier molecular flexibility index (Phi) is 5.04. The predicted molar refractivity (Wildman–Crippen MR) is 60.4 cm³/mol. The highest BCUT2D eigenvalue weighted by atomic mass is 16.3. The molecule has 0 amide bonds. The summed E-state index contributed by atoms with van der Waals surface area (Å²) in [6, 6.07) is 9.89. The number of hydrogen-bond donors (Lipinski definition) is 3. The van der Waals surface area contributed by atoms with Gasteiger partial charge in [0, 0.05) is 13.1 Å². The van der Waals surface area contributed by atoms with Crippen molar-refractivity contribution in [2.24, 2.45) is 0 Å². The van der Waals surface area contributed by atoms with Crippen LogP contribution in [0.25, 0.3) is 0 Å². The zero-order chi connectivity index (χ0) is 11.1. The molecule has 82 valence electrons. The van der Waals surface area contributed by atoms with Gasteiger partial charge < -0.3 is 15.5 Å². The Bertz CT molecular complexity index is 287. The lowest BCUT2D eigenvalue weighted by molar-refractivity contribution is 0.0491. The standard InChI is InChI=1S/C12H17NO2/c1-2-11(14)12(15)9-13-8-10-6-4-3-5-7-10/h2-7,11-15H,1,8-9H2. The number of rotatable bonds is 6. The summed E-state index contributed by atoms with van der Waals surface area (Å²) in [6.45, 7) is 4.44. The van der Waals surface area contributed by atoms with Gasteiger partial charge in [-0.25, -0.2) is 0 Å². The van der Waals surface area contributed by atoms with Gasteiger partial charge in [-0.15, -0.1) is 6.58 Å². The number of benzene rings is 1. The lowest BCUT2D eigenvalue weighted by atomic mass is 10.2. The van der Waals surface area contributed by atoms with E-state index in [2.05, 4.69) is 11.9 Å². The van der Waals surface area contributed by atoms with E-state index < -0.39 is 12.2 Å². The van der Waals surface area contributed by atoms with E-state index in [0.717, 1.165) is 5.56 Å². The fourth-order valence-electron chi connectivity index (χ4n) is 1.24. The van der Waals surface area contributed by atoms with Crippen LogP contribution in [-0.2, 0) is 6.54 Å². The van der Waals surface area contributed by atoms with Crippen molar-refractivity contribution >= 4 is 0 Å². The summed E-state index contributed by atoms with van der Waals surface area (Å²) < 4.78 is 0. The molecule has 0 saturated heterocycles. The van der Waals surface area contributed by atoms with Gasteiger partial charge in [0.15, 0.2) is 0 Å². The van der Waals surface area contributed by atoms with Crippen LogP contribution in [0.5, 0.6) is 0 Å². The first-order valence-electron chi connectivity index (χ1n) is 4.97. The molecule has 0 aliphatic heterocycles. The van der Waals surface area contributed by atoms with E-state index in [1.54, 1.807) is 0 Å². The van der Waals surface area contributed by atoms with Crippen LogP contribution in [0.15, 0.2) is 43.0 Å². The quantitative estimate of drug-likeness (QED) is 0.601. The average Bonchev–Trinajstić information content (AvgIpc) is 2.29. The Balaban J connectivity index is 2.25. The molecule has 0 aromatic heterocycles. The summed E-state index contributed by atoms with van der Waals surface area (Å²) in [5, 5.41) is 21.7. The van der Waals surface area contributed by atoms with Crippen LogP contribution in [-0.4, -0.2) is 29.0 Å². The molecule has 15 heavy (non-hydrogen) atoms. The third-order valence-corrected chi connectivity index (χ3v) is 2.16. The monoisotopic (exact) mass is 207 g/mol. The Hall–Kier alpha value is -1.16. The van der Waals surface area contributed by atoms with Crippen molar-refractivity contribution in [2.45, 2.75) is 18.8 Å². The summed E-state index contributed by atoms with van der Waals surface area (Å²) in [4.78, 5) is 0. The second kappa shape index (κ2) is 6.35. The summed E-state index contributed by atoms with van der Waals surface area (Å²) in [7, 11) is 0. The van der Waals surface area contributed by atoms with E-state index in [0.29, 0.717) is 13.1 Å². The first-order chi connectivity index (χ1) is 7.24. The van der Waals surface area contributed by atoms with E-state index >= 15 is 0 Å². The molecule has 0 radical (unpaired) electrons. The SMILES string of the molecule is C=CC(O)C(O)CNCc1ccccc1. The van der Waals surface area contributed by atoms with Gasteiger partial charge in [0.1, 0.15) is 0 Å². The molecule has 0 fully saturated rings. The van der Waals surface area contributed by atoms with Crippen molar-refractivity contribution in [1.29, 1.82) is 0 Å². The number of aliphatic hydroxyl groups is 2. The lowest BCUT2D eigenvalue weighted by Gasteiger charge is -2.14. The molecular weight excluding hydrogens is 190 g/mol. The number of hydrogen-bond acceptors (Lipinski definition) is 3. The van der Waals surface area contributed by atoms with E-state index in [-0.39, 0.29) is 0 Å². The topological polar surface area (TPSA) is 52.5 Å². The van der Waals surface area contributed by atoms with Crippen LogP contribution in [0.1, 0.15) is 5.56 Å². The van der Waals surface area contributed by atoms with Gasteiger partial charge in [0.05, 0.1) is 12.2 Å². The maximum atomic E-state index is 9.41. The lowest BCUT2D eigenvalue weighted by Crippen LogP contribution is -2.34. The van der Waals surface area contributed by atoms with Crippen LogP contribution in [0, 0.1) is 0 Å². The summed E-state index contributed by atoms with van der Waals surface area (Å²) in [6.07, 6.45) is -0.339. The second-order valence-corrected chi connectivity index (χ2v) is 3.41. The van der Waals surface area contributed by atoms with Crippen LogP contribution >= 0.6 is 0 Å². The summed E-state index contributed by atoms with van der Waals surface area (Å²) in [5.41, 5.74) is 1.15. The smallest absolute Gasteiger partial charge is 0.0989 e. The molecule has 3 nitrogen and oxygen atoms in total. The molecule has 0 spiro atoms. The Morgan fingerprint density at radius 2 is 1.93 bits per heavy atom. The van der Waals surface area contributed by atoms with Crippen molar-refractivity contribution in [3.05, 3.63) is 48.6 Å². The summed E-state index contributed by atoms with van der Waals surface area (Å²) >= 11 is 0. The molecule has 3 N–H and O–H groups in total. The molecule has 1 rings (SSSR count). The minimum absolute atomic E-state index is 0.349. The highest BCUT2D eigenvalue weighted by molar-refractivity contribution is 5.14. The van der Waals surface area contributed by atoms with Crippen LogP contribution in [0.2, 0.25) is 0 Å². The zero-order valence-corrected chi connectivity index (χ0v) is 8.63. The van der Waals surface area contributed by atoms with Gasteiger partial charge in [0.2, 0.25) is 0 Å². The summed E-state index contributed by atoms with van der Waals surface area (Å²) in [5.74, 6) is 0. The molecule has 1 aromatic rings. The van der Waals surface area contributed by atoms with E-state index in [1.165, 1.54) is 6.08 Å². The Morgan fingerprint density at radius 3 is 2.53 bits per heavy atom. The predicted octanol–water partition coefficient (Wildman–Crippen LogP) is 0.684. The van der Waals surface area contributed by atoms with Crippen LogP contribution in [0.3, 0.4) is 0 Å². The van der Waals surface area contributed by atoms with Crippen LogP contribution < -0.4 is 5.32 Å². The van der Waals surface area contributed by atoms with Gasteiger partial charge in [-0.05, 0) is 5.56 Å². The number of aliphatic hydroxyl groups excluding tert-OH is 2. The van der Waals surface area contributed by atoms with E-state index in [1.807, 2.05) is 30.3 Å². The van der Waals surface area contributed by atoms with Crippen molar-refractivity contribution in [2.75, 3.05) is 6.54 Å². The van der Waals surface area contributed by atoms with Crippen molar-refractivity contribution in [3.8, 4) is 0 Å².